The zero-order valence-corrected chi connectivity index (χ0v) is 12.9. The molecule has 2 aromatic carbocycles. The highest BCUT2D eigenvalue weighted by molar-refractivity contribution is 9.10. The Kier molecular flexibility index (Phi) is 3.40. The van der Waals surface area contributed by atoms with E-state index in [1.54, 1.807) is 0 Å². The summed E-state index contributed by atoms with van der Waals surface area (Å²) in [6, 6.07) is 13.0. The molecule has 2 N–H and O–H groups in total. The molecule has 0 saturated heterocycles. The molecule has 2 heteroatoms. The second-order valence-electron chi connectivity index (χ2n) is 6.02. The molecule has 1 aliphatic rings. The number of benzene rings is 2. The summed E-state index contributed by atoms with van der Waals surface area (Å²) in [4.78, 5) is 0. The monoisotopic (exact) mass is 317 g/mol. The minimum Gasteiger partial charge on any atom is -0.323 e. The van der Waals surface area contributed by atoms with Gasteiger partial charge < -0.3 is 5.73 Å². The number of hydrogen-bond donors (Lipinski definition) is 1. The first-order valence-electron chi connectivity index (χ1n) is 7.04. The van der Waals surface area contributed by atoms with Crippen molar-refractivity contribution in [3.8, 4) is 0 Å². The van der Waals surface area contributed by atoms with Crippen LogP contribution in [0.3, 0.4) is 0 Å². The van der Waals surface area contributed by atoms with Crippen LogP contribution in [0.4, 0.5) is 0 Å². The Hall–Kier alpha value is -0.860. The first-order valence-corrected chi connectivity index (χ1v) is 7.84. The van der Waals surface area contributed by atoms with E-state index in [-0.39, 0.29) is 11.5 Å². The quantitative estimate of drug-likeness (QED) is 0.811. The van der Waals surface area contributed by atoms with Crippen LogP contribution in [0, 0.1) is 5.41 Å². The highest BCUT2D eigenvalue weighted by Gasteiger charge is 2.36. The summed E-state index contributed by atoms with van der Waals surface area (Å²) in [7, 11) is 0. The smallest absolute Gasteiger partial charge is 0.0355 e. The van der Waals surface area contributed by atoms with Gasteiger partial charge in [0, 0.05) is 10.5 Å². The third kappa shape index (κ3) is 2.21. The topological polar surface area (TPSA) is 26.0 Å². The highest BCUT2D eigenvalue weighted by Crippen LogP contribution is 2.47. The lowest BCUT2D eigenvalue weighted by Crippen LogP contribution is -2.29. The molecule has 1 aliphatic carbocycles. The van der Waals surface area contributed by atoms with Crippen LogP contribution in [-0.4, -0.2) is 0 Å². The highest BCUT2D eigenvalue weighted by atomic mass is 79.9. The van der Waals surface area contributed by atoms with Crippen molar-refractivity contribution in [2.24, 2.45) is 11.1 Å². The van der Waals surface area contributed by atoms with Crippen LogP contribution in [0.25, 0.3) is 10.8 Å². The zero-order valence-electron chi connectivity index (χ0n) is 11.3. The first-order chi connectivity index (χ1) is 9.12. The van der Waals surface area contributed by atoms with Crippen LogP contribution in [0.5, 0.6) is 0 Å². The van der Waals surface area contributed by atoms with Gasteiger partial charge in [-0.05, 0) is 40.7 Å². The van der Waals surface area contributed by atoms with Gasteiger partial charge >= 0.3 is 0 Å². The van der Waals surface area contributed by atoms with E-state index in [4.69, 9.17) is 5.73 Å². The van der Waals surface area contributed by atoms with E-state index >= 15 is 0 Å². The maximum Gasteiger partial charge on any atom is 0.0355 e. The Labute approximate surface area is 123 Å². The molecule has 1 nitrogen and oxygen atoms in total. The number of fused-ring (bicyclic) bond motifs is 1. The Morgan fingerprint density at radius 3 is 2.37 bits per heavy atom. The molecule has 1 saturated carbocycles. The average molecular weight is 318 g/mol. The zero-order chi connectivity index (χ0) is 13.5. The molecule has 100 valence electrons. The number of hydrogen-bond acceptors (Lipinski definition) is 1. The van der Waals surface area contributed by atoms with E-state index in [2.05, 4.69) is 59.3 Å². The summed E-state index contributed by atoms with van der Waals surface area (Å²) in [5.41, 5.74) is 8.19. The fourth-order valence-electron chi connectivity index (χ4n) is 3.43. The van der Waals surface area contributed by atoms with Gasteiger partial charge in [0.1, 0.15) is 0 Å². The lowest BCUT2D eigenvalue weighted by molar-refractivity contribution is 0.267. The molecule has 1 unspecified atom stereocenters. The molecule has 1 fully saturated rings. The Morgan fingerprint density at radius 2 is 1.68 bits per heavy atom. The third-order valence-electron chi connectivity index (χ3n) is 4.74. The van der Waals surface area contributed by atoms with E-state index in [9.17, 15) is 0 Å². The molecular weight excluding hydrogens is 298 g/mol. The van der Waals surface area contributed by atoms with Crippen molar-refractivity contribution in [3.63, 3.8) is 0 Å². The normalized spacial score (nSPS) is 19.7. The predicted molar refractivity (Wildman–Crippen MR) is 85.2 cm³/mol. The third-order valence-corrected chi connectivity index (χ3v) is 5.43. The van der Waals surface area contributed by atoms with Crippen LogP contribution >= 0.6 is 15.9 Å². The molecule has 0 aliphatic heterocycles. The van der Waals surface area contributed by atoms with Gasteiger partial charge in [-0.3, -0.25) is 0 Å². The van der Waals surface area contributed by atoms with Crippen molar-refractivity contribution >= 4 is 26.7 Å². The van der Waals surface area contributed by atoms with Crippen molar-refractivity contribution in [1.29, 1.82) is 0 Å². The lowest BCUT2D eigenvalue weighted by Gasteiger charge is -2.32. The minimum absolute atomic E-state index is 0.132. The minimum atomic E-state index is 0.132. The van der Waals surface area contributed by atoms with Crippen LogP contribution in [0.15, 0.2) is 40.9 Å². The Bertz CT molecular complexity index is 599. The van der Waals surface area contributed by atoms with Gasteiger partial charge in [-0.1, -0.05) is 66.0 Å². The number of nitrogens with two attached hydrogens (primary N) is 1. The maximum absolute atomic E-state index is 6.64. The van der Waals surface area contributed by atoms with Gasteiger partial charge in [0.2, 0.25) is 0 Å². The number of rotatable bonds is 2. The lowest BCUT2D eigenvalue weighted by atomic mass is 9.77. The number of halogens is 1. The molecule has 0 heterocycles. The van der Waals surface area contributed by atoms with Crippen molar-refractivity contribution in [2.75, 3.05) is 0 Å². The summed E-state index contributed by atoms with van der Waals surface area (Å²) in [5, 5.41) is 2.55. The van der Waals surface area contributed by atoms with Gasteiger partial charge in [0.05, 0.1) is 0 Å². The molecule has 0 amide bonds. The largest absolute Gasteiger partial charge is 0.323 e. The van der Waals surface area contributed by atoms with E-state index in [0.717, 1.165) is 4.47 Å². The fraction of sp³-hybridized carbons (Fsp3) is 0.412. The standard InChI is InChI=1S/C17H20BrN/c1-17(10-4-5-11-17)16(19)14-8-9-15(18)13-7-3-2-6-12(13)14/h2-3,6-9,16H,4-5,10-11,19H2,1H3. The summed E-state index contributed by atoms with van der Waals surface area (Å²) in [5.74, 6) is 0. The van der Waals surface area contributed by atoms with E-state index in [1.807, 2.05) is 0 Å². The molecule has 0 radical (unpaired) electrons. The molecule has 0 aromatic heterocycles. The van der Waals surface area contributed by atoms with Crippen LogP contribution < -0.4 is 5.73 Å². The van der Waals surface area contributed by atoms with Crippen molar-refractivity contribution < 1.29 is 0 Å². The molecule has 1 atom stereocenters. The molecule has 2 aromatic rings. The van der Waals surface area contributed by atoms with Crippen LogP contribution in [0.1, 0.15) is 44.2 Å². The van der Waals surface area contributed by atoms with Gasteiger partial charge in [-0.25, -0.2) is 0 Å². The first kappa shape index (κ1) is 13.1. The molecular formula is C17H20BrN. The van der Waals surface area contributed by atoms with Gasteiger partial charge in [0.15, 0.2) is 0 Å². The summed E-state index contributed by atoms with van der Waals surface area (Å²) in [6.07, 6.45) is 5.13. The Balaban J connectivity index is 2.12. The van der Waals surface area contributed by atoms with E-state index in [1.165, 1.54) is 42.0 Å². The van der Waals surface area contributed by atoms with Crippen molar-refractivity contribution in [1.82, 2.24) is 0 Å². The van der Waals surface area contributed by atoms with Gasteiger partial charge in [0.25, 0.3) is 0 Å². The summed E-state index contributed by atoms with van der Waals surface area (Å²) < 4.78 is 1.15. The van der Waals surface area contributed by atoms with Gasteiger partial charge in [-0.2, -0.15) is 0 Å². The van der Waals surface area contributed by atoms with Crippen molar-refractivity contribution in [3.05, 3.63) is 46.4 Å². The van der Waals surface area contributed by atoms with Crippen LogP contribution in [-0.2, 0) is 0 Å². The summed E-state index contributed by atoms with van der Waals surface area (Å²) in [6.45, 7) is 2.35. The van der Waals surface area contributed by atoms with E-state index in [0.29, 0.717) is 0 Å². The molecule has 3 rings (SSSR count). The summed E-state index contributed by atoms with van der Waals surface area (Å²) >= 11 is 3.64. The van der Waals surface area contributed by atoms with Crippen LogP contribution in [0.2, 0.25) is 0 Å². The molecule has 19 heavy (non-hydrogen) atoms. The molecule has 0 spiro atoms. The van der Waals surface area contributed by atoms with Crippen molar-refractivity contribution in [2.45, 2.75) is 38.6 Å². The second-order valence-corrected chi connectivity index (χ2v) is 6.88. The maximum atomic E-state index is 6.64. The van der Waals surface area contributed by atoms with Gasteiger partial charge in [-0.15, -0.1) is 0 Å². The molecule has 0 bridgehead atoms. The predicted octanol–water partition coefficient (Wildman–Crippen LogP) is 5.18. The Morgan fingerprint density at radius 1 is 1.05 bits per heavy atom. The fourth-order valence-corrected chi connectivity index (χ4v) is 3.90. The second kappa shape index (κ2) is 4.92. The average Bonchev–Trinajstić information content (AvgIpc) is 2.87. The van der Waals surface area contributed by atoms with E-state index < -0.39 is 0 Å². The SMILES string of the molecule is CC1(C(N)c2ccc(Br)c3ccccc23)CCCC1.